The SMILES string of the molecule is CC1(C)c2ccccc2-c2cc(Cc3ccccc3)ccc21. The van der Waals surface area contributed by atoms with Crippen LogP contribution in [0.15, 0.2) is 72.8 Å². The second-order valence-corrected chi connectivity index (χ2v) is 6.71. The van der Waals surface area contributed by atoms with Crippen molar-refractivity contribution in [3.63, 3.8) is 0 Å². The lowest BCUT2D eigenvalue weighted by Crippen LogP contribution is -2.14. The Bertz CT molecular complexity index is 826. The third kappa shape index (κ3) is 1.99. The molecule has 0 radical (unpaired) electrons. The van der Waals surface area contributed by atoms with Crippen molar-refractivity contribution in [2.75, 3.05) is 0 Å². The van der Waals surface area contributed by atoms with Crippen LogP contribution in [0.3, 0.4) is 0 Å². The Balaban J connectivity index is 1.80. The highest BCUT2D eigenvalue weighted by Crippen LogP contribution is 2.48. The maximum Gasteiger partial charge on any atom is 0.0158 e. The van der Waals surface area contributed by atoms with Crippen LogP contribution in [0.2, 0.25) is 0 Å². The van der Waals surface area contributed by atoms with Gasteiger partial charge in [-0.2, -0.15) is 0 Å². The fourth-order valence-corrected chi connectivity index (χ4v) is 3.71. The van der Waals surface area contributed by atoms with E-state index >= 15 is 0 Å². The predicted octanol–water partition coefficient (Wildman–Crippen LogP) is 5.58. The molecule has 0 aliphatic heterocycles. The number of hydrogen-bond acceptors (Lipinski definition) is 0. The molecule has 108 valence electrons. The van der Waals surface area contributed by atoms with Crippen LogP contribution in [0.1, 0.15) is 36.1 Å². The van der Waals surface area contributed by atoms with E-state index in [2.05, 4.69) is 86.6 Å². The maximum absolute atomic E-state index is 2.38. The van der Waals surface area contributed by atoms with Crippen LogP contribution >= 0.6 is 0 Å². The Morgan fingerprint density at radius 1 is 0.636 bits per heavy atom. The number of fused-ring (bicyclic) bond motifs is 3. The van der Waals surface area contributed by atoms with Crippen molar-refractivity contribution in [1.82, 2.24) is 0 Å². The summed E-state index contributed by atoms with van der Waals surface area (Å²) in [5.41, 5.74) is 8.57. The van der Waals surface area contributed by atoms with Crippen LogP contribution in [-0.4, -0.2) is 0 Å². The fourth-order valence-electron chi connectivity index (χ4n) is 3.71. The lowest BCUT2D eigenvalue weighted by atomic mass is 9.82. The molecule has 0 saturated carbocycles. The summed E-state index contributed by atoms with van der Waals surface area (Å²) in [7, 11) is 0. The summed E-state index contributed by atoms with van der Waals surface area (Å²) in [6, 6.07) is 26.5. The van der Waals surface area contributed by atoms with Gasteiger partial charge in [-0.15, -0.1) is 0 Å². The molecule has 0 amide bonds. The second-order valence-electron chi connectivity index (χ2n) is 6.71. The highest BCUT2D eigenvalue weighted by atomic mass is 14.4. The van der Waals surface area contributed by atoms with E-state index in [1.165, 1.54) is 33.4 Å². The molecule has 0 heteroatoms. The van der Waals surface area contributed by atoms with Gasteiger partial charge in [0.25, 0.3) is 0 Å². The van der Waals surface area contributed by atoms with Gasteiger partial charge in [0.15, 0.2) is 0 Å². The van der Waals surface area contributed by atoms with Crippen molar-refractivity contribution >= 4 is 0 Å². The monoisotopic (exact) mass is 284 g/mol. The summed E-state index contributed by atoms with van der Waals surface area (Å²) in [6.07, 6.45) is 0.997. The normalized spacial score (nSPS) is 14.5. The molecule has 3 aromatic rings. The molecule has 0 aromatic heterocycles. The minimum absolute atomic E-state index is 0.108. The Labute approximate surface area is 132 Å². The van der Waals surface area contributed by atoms with Gasteiger partial charge >= 0.3 is 0 Å². The van der Waals surface area contributed by atoms with E-state index in [0.29, 0.717) is 0 Å². The fraction of sp³-hybridized carbons (Fsp3) is 0.182. The van der Waals surface area contributed by atoms with Crippen LogP contribution in [0.5, 0.6) is 0 Å². The molecular formula is C22H20. The van der Waals surface area contributed by atoms with Crippen LogP contribution in [0, 0.1) is 0 Å². The van der Waals surface area contributed by atoms with Gasteiger partial charge < -0.3 is 0 Å². The first-order valence-electron chi connectivity index (χ1n) is 7.93. The third-order valence-corrected chi connectivity index (χ3v) is 4.90. The molecule has 0 unspecified atom stereocenters. The van der Waals surface area contributed by atoms with Crippen molar-refractivity contribution in [2.45, 2.75) is 25.7 Å². The van der Waals surface area contributed by atoms with Crippen LogP contribution in [-0.2, 0) is 11.8 Å². The van der Waals surface area contributed by atoms with E-state index in [9.17, 15) is 0 Å². The maximum atomic E-state index is 2.38. The zero-order chi connectivity index (χ0) is 15.2. The molecular weight excluding hydrogens is 264 g/mol. The molecule has 22 heavy (non-hydrogen) atoms. The Hall–Kier alpha value is -2.34. The number of benzene rings is 3. The summed E-state index contributed by atoms with van der Waals surface area (Å²) >= 11 is 0. The largest absolute Gasteiger partial charge is 0.0622 e. The topological polar surface area (TPSA) is 0 Å². The Morgan fingerprint density at radius 2 is 1.32 bits per heavy atom. The lowest BCUT2D eigenvalue weighted by molar-refractivity contribution is 0.660. The van der Waals surface area contributed by atoms with Crippen LogP contribution in [0.25, 0.3) is 11.1 Å². The highest BCUT2D eigenvalue weighted by Gasteiger charge is 2.34. The lowest BCUT2D eigenvalue weighted by Gasteiger charge is -2.21. The Morgan fingerprint density at radius 3 is 2.14 bits per heavy atom. The van der Waals surface area contributed by atoms with E-state index in [1.54, 1.807) is 0 Å². The molecule has 0 spiro atoms. The van der Waals surface area contributed by atoms with Gasteiger partial charge in [0.05, 0.1) is 0 Å². The Kier molecular flexibility index (Phi) is 2.94. The van der Waals surface area contributed by atoms with E-state index in [0.717, 1.165) is 6.42 Å². The van der Waals surface area contributed by atoms with Gasteiger partial charge in [0, 0.05) is 5.41 Å². The molecule has 0 nitrogen and oxygen atoms in total. The smallest absolute Gasteiger partial charge is 0.0158 e. The molecule has 1 aliphatic rings. The summed E-state index contributed by atoms with van der Waals surface area (Å²) in [5.74, 6) is 0. The summed E-state index contributed by atoms with van der Waals surface area (Å²) < 4.78 is 0. The summed E-state index contributed by atoms with van der Waals surface area (Å²) in [4.78, 5) is 0. The third-order valence-electron chi connectivity index (χ3n) is 4.90. The molecule has 1 aliphatic carbocycles. The van der Waals surface area contributed by atoms with Crippen molar-refractivity contribution < 1.29 is 0 Å². The van der Waals surface area contributed by atoms with Gasteiger partial charge in [0.1, 0.15) is 0 Å². The second kappa shape index (κ2) is 4.84. The van der Waals surface area contributed by atoms with Crippen molar-refractivity contribution in [2.24, 2.45) is 0 Å². The van der Waals surface area contributed by atoms with Crippen molar-refractivity contribution in [1.29, 1.82) is 0 Å². The number of rotatable bonds is 2. The average molecular weight is 284 g/mol. The van der Waals surface area contributed by atoms with Gasteiger partial charge in [-0.1, -0.05) is 86.6 Å². The van der Waals surface area contributed by atoms with Crippen molar-refractivity contribution in [3.8, 4) is 11.1 Å². The van der Waals surface area contributed by atoms with Gasteiger partial charge in [-0.25, -0.2) is 0 Å². The molecule has 0 saturated heterocycles. The first kappa shape index (κ1) is 13.3. The predicted molar refractivity (Wildman–Crippen MR) is 93.3 cm³/mol. The highest BCUT2D eigenvalue weighted by molar-refractivity contribution is 5.81. The van der Waals surface area contributed by atoms with Gasteiger partial charge in [-0.3, -0.25) is 0 Å². The van der Waals surface area contributed by atoms with E-state index in [1.807, 2.05) is 0 Å². The average Bonchev–Trinajstić information content (AvgIpc) is 2.77. The molecule has 0 N–H and O–H groups in total. The molecule has 0 bridgehead atoms. The zero-order valence-corrected chi connectivity index (χ0v) is 13.1. The van der Waals surface area contributed by atoms with Gasteiger partial charge in [-0.05, 0) is 39.8 Å². The first-order chi connectivity index (χ1) is 10.7. The van der Waals surface area contributed by atoms with Crippen LogP contribution in [0.4, 0.5) is 0 Å². The minimum Gasteiger partial charge on any atom is -0.0622 e. The van der Waals surface area contributed by atoms with Crippen molar-refractivity contribution in [3.05, 3.63) is 95.1 Å². The van der Waals surface area contributed by atoms with Crippen LogP contribution < -0.4 is 0 Å². The first-order valence-corrected chi connectivity index (χ1v) is 7.93. The molecule has 0 heterocycles. The van der Waals surface area contributed by atoms with E-state index in [-0.39, 0.29) is 5.41 Å². The van der Waals surface area contributed by atoms with E-state index < -0.39 is 0 Å². The molecule has 0 fully saturated rings. The number of hydrogen-bond donors (Lipinski definition) is 0. The van der Waals surface area contributed by atoms with E-state index in [4.69, 9.17) is 0 Å². The summed E-state index contributed by atoms with van der Waals surface area (Å²) in [6.45, 7) is 4.66. The standard InChI is InChI=1S/C22H20/c1-22(2)20-11-7-6-10-18(20)19-15-17(12-13-21(19)22)14-16-8-4-3-5-9-16/h3-13,15H,14H2,1-2H3. The van der Waals surface area contributed by atoms with Gasteiger partial charge in [0.2, 0.25) is 0 Å². The molecule has 0 atom stereocenters. The quantitative estimate of drug-likeness (QED) is 0.576. The minimum atomic E-state index is 0.108. The molecule has 4 rings (SSSR count). The zero-order valence-electron chi connectivity index (χ0n) is 13.1. The molecule has 3 aromatic carbocycles. The summed E-state index contributed by atoms with van der Waals surface area (Å²) in [5, 5.41) is 0.